The normalized spacial score (nSPS) is 27.5. The van der Waals surface area contributed by atoms with Crippen LogP contribution in [0.15, 0.2) is 42.5 Å². The summed E-state index contributed by atoms with van der Waals surface area (Å²) in [5.74, 6) is 0.183. The van der Waals surface area contributed by atoms with Crippen LogP contribution in [0.3, 0.4) is 0 Å². The van der Waals surface area contributed by atoms with E-state index in [9.17, 15) is 9.90 Å². The number of morpholine rings is 1. The highest BCUT2D eigenvalue weighted by Gasteiger charge is 2.39. The molecule has 1 saturated heterocycles. The molecule has 0 spiro atoms. The number of hydrogen-bond donors (Lipinski definition) is 1. The third-order valence-electron chi connectivity index (χ3n) is 5.45. The topological polar surface area (TPSA) is 49.8 Å². The molecule has 2 aromatic rings. The number of carbonyl (C=O) groups excluding carboxylic acids is 1. The van der Waals surface area contributed by atoms with Crippen LogP contribution < -0.4 is 0 Å². The molecule has 2 fully saturated rings. The van der Waals surface area contributed by atoms with Crippen molar-refractivity contribution < 1.29 is 14.6 Å². The van der Waals surface area contributed by atoms with Gasteiger partial charge in [0.1, 0.15) is 0 Å². The molecule has 1 heterocycles. The third-order valence-corrected chi connectivity index (χ3v) is 5.45. The van der Waals surface area contributed by atoms with Crippen molar-refractivity contribution in [3.05, 3.63) is 48.0 Å². The highest BCUT2D eigenvalue weighted by Crippen LogP contribution is 2.33. The summed E-state index contributed by atoms with van der Waals surface area (Å²) in [6.45, 7) is 1.69. The lowest BCUT2D eigenvalue weighted by molar-refractivity contribution is -0.0383. The van der Waals surface area contributed by atoms with Gasteiger partial charge < -0.3 is 14.7 Å². The van der Waals surface area contributed by atoms with Gasteiger partial charge in [0.15, 0.2) is 0 Å². The molecule has 126 valence electrons. The Labute approximate surface area is 142 Å². The number of nitrogens with zero attached hydrogens (tertiary/aromatic N) is 1. The lowest BCUT2D eigenvalue weighted by Gasteiger charge is -2.40. The van der Waals surface area contributed by atoms with Crippen LogP contribution in [0.5, 0.6) is 0 Å². The van der Waals surface area contributed by atoms with Crippen molar-refractivity contribution in [2.24, 2.45) is 5.92 Å². The Kier molecular flexibility index (Phi) is 4.25. The second-order valence-electron chi connectivity index (χ2n) is 6.86. The SMILES string of the molecule is O=C(c1ccc2ccccc2c1)N1CCOC[C@@H]1[C@@H]1CCC[C@@H]1O. The molecule has 1 aliphatic carbocycles. The number of hydrogen-bond acceptors (Lipinski definition) is 3. The van der Waals surface area contributed by atoms with Crippen LogP contribution in [-0.2, 0) is 4.74 Å². The molecular formula is C20H23NO3. The molecule has 0 radical (unpaired) electrons. The molecule has 2 aliphatic rings. The molecule has 2 aromatic carbocycles. The molecule has 1 aliphatic heterocycles. The first-order chi connectivity index (χ1) is 11.7. The van der Waals surface area contributed by atoms with Crippen LogP contribution >= 0.6 is 0 Å². The maximum Gasteiger partial charge on any atom is 0.254 e. The predicted octanol–water partition coefficient (Wildman–Crippen LogP) is 2.84. The van der Waals surface area contributed by atoms with Crippen LogP contribution in [0.1, 0.15) is 29.6 Å². The standard InChI is InChI=1S/C20H23NO3/c22-19-7-3-6-17(19)18-13-24-11-10-21(18)20(23)16-9-8-14-4-1-2-5-15(14)12-16/h1-2,4-5,8-9,12,17-19,22H,3,6-7,10-11,13H2/t17-,18+,19-/m0/s1. The number of aliphatic hydroxyl groups excluding tert-OH is 1. The highest BCUT2D eigenvalue weighted by molar-refractivity contribution is 5.98. The molecule has 3 atom stereocenters. The van der Waals surface area contributed by atoms with E-state index in [4.69, 9.17) is 4.74 Å². The van der Waals surface area contributed by atoms with Crippen molar-refractivity contribution in [1.29, 1.82) is 0 Å². The summed E-state index contributed by atoms with van der Waals surface area (Å²) >= 11 is 0. The molecular weight excluding hydrogens is 302 g/mol. The number of rotatable bonds is 2. The van der Waals surface area contributed by atoms with E-state index >= 15 is 0 Å². The zero-order valence-corrected chi connectivity index (χ0v) is 13.7. The Morgan fingerprint density at radius 1 is 1.12 bits per heavy atom. The Hall–Kier alpha value is -1.91. The maximum absolute atomic E-state index is 13.1. The van der Waals surface area contributed by atoms with Gasteiger partial charge in [-0.1, -0.05) is 36.8 Å². The molecule has 1 N–H and O–H groups in total. The summed E-state index contributed by atoms with van der Waals surface area (Å²) in [4.78, 5) is 15.0. The van der Waals surface area contributed by atoms with E-state index in [0.29, 0.717) is 25.3 Å². The second kappa shape index (κ2) is 6.54. The Bertz CT molecular complexity index is 744. The van der Waals surface area contributed by atoms with Gasteiger partial charge in [-0.25, -0.2) is 0 Å². The zero-order valence-electron chi connectivity index (χ0n) is 13.7. The van der Waals surface area contributed by atoms with Crippen LogP contribution in [0.25, 0.3) is 10.8 Å². The van der Waals surface area contributed by atoms with Gasteiger partial charge >= 0.3 is 0 Å². The van der Waals surface area contributed by atoms with Crippen LogP contribution in [-0.4, -0.2) is 47.8 Å². The number of amides is 1. The molecule has 0 bridgehead atoms. The summed E-state index contributed by atoms with van der Waals surface area (Å²) in [5.41, 5.74) is 0.716. The van der Waals surface area contributed by atoms with E-state index in [-0.39, 0.29) is 24.0 Å². The molecule has 1 amide bonds. The number of benzene rings is 2. The molecule has 4 nitrogen and oxygen atoms in total. The van der Waals surface area contributed by atoms with Crippen LogP contribution in [0, 0.1) is 5.92 Å². The fourth-order valence-corrected chi connectivity index (χ4v) is 4.14. The average molecular weight is 325 g/mol. The Balaban J connectivity index is 1.62. The lowest BCUT2D eigenvalue weighted by atomic mass is 9.93. The van der Waals surface area contributed by atoms with Crippen molar-refractivity contribution in [3.8, 4) is 0 Å². The van der Waals surface area contributed by atoms with Crippen molar-refractivity contribution in [2.45, 2.75) is 31.4 Å². The molecule has 4 heteroatoms. The zero-order chi connectivity index (χ0) is 16.5. The summed E-state index contributed by atoms with van der Waals surface area (Å²) in [7, 11) is 0. The summed E-state index contributed by atoms with van der Waals surface area (Å²) in [5, 5.41) is 12.5. The first-order valence-electron chi connectivity index (χ1n) is 8.79. The maximum atomic E-state index is 13.1. The van der Waals surface area contributed by atoms with Gasteiger partial charge in [0.05, 0.1) is 25.4 Å². The second-order valence-corrected chi connectivity index (χ2v) is 6.86. The van der Waals surface area contributed by atoms with Crippen LogP contribution in [0.4, 0.5) is 0 Å². The minimum absolute atomic E-state index is 0.0183. The van der Waals surface area contributed by atoms with E-state index in [0.717, 1.165) is 30.0 Å². The minimum atomic E-state index is -0.316. The van der Waals surface area contributed by atoms with Gasteiger partial charge in [-0.3, -0.25) is 4.79 Å². The number of aliphatic hydroxyl groups is 1. The van der Waals surface area contributed by atoms with Crippen molar-refractivity contribution in [3.63, 3.8) is 0 Å². The first kappa shape index (κ1) is 15.6. The van der Waals surface area contributed by atoms with Gasteiger partial charge in [-0.05, 0) is 35.7 Å². The number of ether oxygens (including phenoxy) is 1. The summed E-state index contributed by atoms with van der Waals surface area (Å²) < 4.78 is 5.62. The smallest absolute Gasteiger partial charge is 0.254 e. The van der Waals surface area contributed by atoms with E-state index in [2.05, 4.69) is 6.07 Å². The number of fused-ring (bicyclic) bond motifs is 1. The predicted molar refractivity (Wildman–Crippen MR) is 92.9 cm³/mol. The van der Waals surface area contributed by atoms with Gasteiger partial charge in [-0.2, -0.15) is 0 Å². The molecule has 0 aromatic heterocycles. The van der Waals surface area contributed by atoms with Crippen molar-refractivity contribution in [1.82, 2.24) is 4.90 Å². The van der Waals surface area contributed by atoms with Gasteiger partial charge in [0.25, 0.3) is 5.91 Å². The van der Waals surface area contributed by atoms with Crippen molar-refractivity contribution >= 4 is 16.7 Å². The molecule has 0 unspecified atom stereocenters. The van der Waals surface area contributed by atoms with Gasteiger partial charge in [0, 0.05) is 18.0 Å². The fourth-order valence-electron chi connectivity index (χ4n) is 4.14. The molecule has 24 heavy (non-hydrogen) atoms. The largest absolute Gasteiger partial charge is 0.393 e. The quantitative estimate of drug-likeness (QED) is 0.924. The van der Waals surface area contributed by atoms with Crippen molar-refractivity contribution in [2.75, 3.05) is 19.8 Å². The first-order valence-corrected chi connectivity index (χ1v) is 8.79. The number of carbonyl (C=O) groups is 1. The fraction of sp³-hybridized carbons (Fsp3) is 0.450. The Morgan fingerprint density at radius 2 is 1.96 bits per heavy atom. The summed E-state index contributed by atoms with van der Waals surface area (Å²) in [6, 6.07) is 13.9. The van der Waals surface area contributed by atoms with E-state index in [1.165, 1.54) is 0 Å². The van der Waals surface area contributed by atoms with Gasteiger partial charge in [0.2, 0.25) is 0 Å². The minimum Gasteiger partial charge on any atom is -0.393 e. The van der Waals surface area contributed by atoms with E-state index in [1.807, 2.05) is 41.3 Å². The van der Waals surface area contributed by atoms with Gasteiger partial charge in [-0.15, -0.1) is 0 Å². The van der Waals surface area contributed by atoms with Crippen LogP contribution in [0.2, 0.25) is 0 Å². The molecule has 1 saturated carbocycles. The highest BCUT2D eigenvalue weighted by atomic mass is 16.5. The third kappa shape index (κ3) is 2.80. The average Bonchev–Trinajstić information content (AvgIpc) is 3.06. The monoisotopic (exact) mass is 325 g/mol. The van der Waals surface area contributed by atoms with E-state index < -0.39 is 0 Å². The Morgan fingerprint density at radius 3 is 2.75 bits per heavy atom. The lowest BCUT2D eigenvalue weighted by Crippen LogP contribution is -2.53. The summed E-state index contributed by atoms with van der Waals surface area (Å²) in [6.07, 6.45) is 2.51. The molecule has 4 rings (SSSR count). The van der Waals surface area contributed by atoms with E-state index in [1.54, 1.807) is 0 Å².